The molecule has 124 valence electrons. The maximum absolute atomic E-state index is 12.0. The van der Waals surface area contributed by atoms with Crippen LogP contribution in [0.1, 0.15) is 37.7 Å². The molecule has 2 aliphatic carbocycles. The molecule has 0 heterocycles. The number of aliphatic hydroxyl groups excluding tert-OH is 1. The van der Waals surface area contributed by atoms with Gasteiger partial charge in [-0.3, -0.25) is 9.59 Å². The molecule has 5 heteroatoms. The van der Waals surface area contributed by atoms with Gasteiger partial charge in [-0.25, -0.2) is 0 Å². The predicted molar refractivity (Wildman–Crippen MR) is 87.9 cm³/mol. The van der Waals surface area contributed by atoms with Crippen molar-refractivity contribution in [2.75, 3.05) is 11.9 Å². The van der Waals surface area contributed by atoms with Gasteiger partial charge in [0.15, 0.2) is 0 Å². The van der Waals surface area contributed by atoms with E-state index < -0.39 is 0 Å². The second-order valence-corrected chi connectivity index (χ2v) is 6.70. The van der Waals surface area contributed by atoms with E-state index in [0.29, 0.717) is 13.0 Å². The van der Waals surface area contributed by atoms with Crippen LogP contribution in [0.25, 0.3) is 0 Å². The number of carbonyl (C=O) groups is 2. The Morgan fingerprint density at radius 3 is 2.43 bits per heavy atom. The number of nitrogens with one attached hydrogen (secondary N) is 2. The van der Waals surface area contributed by atoms with Gasteiger partial charge in [0.05, 0.1) is 12.5 Å². The zero-order valence-electron chi connectivity index (χ0n) is 13.3. The van der Waals surface area contributed by atoms with Crippen LogP contribution in [-0.4, -0.2) is 29.6 Å². The highest BCUT2D eigenvalue weighted by molar-refractivity contribution is 5.94. The molecule has 1 aromatic rings. The standard InChI is InChI=1S/C18H24N2O3/c21-16-3-1-2-14(16)11-19-17(22)10-12-4-8-15(9-5-12)20-18(23)13-6-7-13/h4-5,8-9,13-14,16,21H,1-3,6-7,10-11H2,(H,19,22)(H,20,23). The van der Waals surface area contributed by atoms with E-state index in [9.17, 15) is 14.7 Å². The molecule has 2 aliphatic rings. The van der Waals surface area contributed by atoms with Gasteiger partial charge >= 0.3 is 0 Å². The SMILES string of the molecule is O=C(Cc1ccc(NC(=O)C2CC2)cc1)NCC1CCCC1O. The van der Waals surface area contributed by atoms with Crippen LogP contribution in [0.4, 0.5) is 5.69 Å². The third-order valence-corrected chi connectivity index (χ3v) is 4.71. The summed E-state index contributed by atoms with van der Waals surface area (Å²) in [5.41, 5.74) is 1.69. The molecule has 2 amide bonds. The summed E-state index contributed by atoms with van der Waals surface area (Å²) >= 11 is 0. The minimum absolute atomic E-state index is 0.0288. The van der Waals surface area contributed by atoms with E-state index in [1.165, 1.54) is 0 Å². The quantitative estimate of drug-likeness (QED) is 0.749. The molecule has 0 spiro atoms. The van der Waals surface area contributed by atoms with Gasteiger partial charge in [-0.05, 0) is 43.4 Å². The lowest BCUT2D eigenvalue weighted by Crippen LogP contribution is -2.33. The second kappa shape index (κ2) is 7.13. The molecule has 0 saturated heterocycles. The van der Waals surface area contributed by atoms with Crippen molar-refractivity contribution in [3.05, 3.63) is 29.8 Å². The van der Waals surface area contributed by atoms with Crippen LogP contribution in [0.5, 0.6) is 0 Å². The lowest BCUT2D eigenvalue weighted by molar-refractivity contribution is -0.120. The van der Waals surface area contributed by atoms with Gasteiger partial charge < -0.3 is 15.7 Å². The van der Waals surface area contributed by atoms with Gasteiger partial charge in [-0.2, -0.15) is 0 Å². The van der Waals surface area contributed by atoms with Crippen molar-refractivity contribution in [3.63, 3.8) is 0 Å². The number of hydrogen-bond acceptors (Lipinski definition) is 3. The van der Waals surface area contributed by atoms with Gasteiger partial charge in [0.1, 0.15) is 0 Å². The zero-order valence-corrected chi connectivity index (χ0v) is 13.3. The number of carbonyl (C=O) groups excluding carboxylic acids is 2. The average Bonchev–Trinajstić information content (AvgIpc) is 3.31. The van der Waals surface area contributed by atoms with Crippen molar-refractivity contribution in [2.24, 2.45) is 11.8 Å². The van der Waals surface area contributed by atoms with Crippen LogP contribution >= 0.6 is 0 Å². The first kappa shape index (κ1) is 16.0. The van der Waals surface area contributed by atoms with Crippen LogP contribution in [0.15, 0.2) is 24.3 Å². The molecule has 3 rings (SSSR count). The zero-order chi connectivity index (χ0) is 16.2. The summed E-state index contributed by atoms with van der Waals surface area (Å²) in [6.07, 6.45) is 4.88. The van der Waals surface area contributed by atoms with Crippen LogP contribution in [0, 0.1) is 11.8 Å². The molecule has 0 aromatic heterocycles. The number of anilines is 1. The van der Waals surface area contributed by atoms with E-state index >= 15 is 0 Å². The third-order valence-electron chi connectivity index (χ3n) is 4.71. The minimum Gasteiger partial charge on any atom is -0.393 e. The summed E-state index contributed by atoms with van der Waals surface area (Å²) in [6.45, 7) is 0.551. The molecule has 2 fully saturated rings. The molecule has 1 aromatic carbocycles. The van der Waals surface area contributed by atoms with Crippen LogP contribution in [0.3, 0.4) is 0 Å². The van der Waals surface area contributed by atoms with E-state index in [4.69, 9.17) is 0 Å². The van der Waals surface area contributed by atoms with Crippen molar-refractivity contribution >= 4 is 17.5 Å². The molecule has 2 saturated carbocycles. The molecule has 23 heavy (non-hydrogen) atoms. The minimum atomic E-state index is -0.273. The van der Waals surface area contributed by atoms with E-state index in [0.717, 1.165) is 43.4 Å². The lowest BCUT2D eigenvalue weighted by Gasteiger charge is -2.15. The summed E-state index contributed by atoms with van der Waals surface area (Å²) < 4.78 is 0. The van der Waals surface area contributed by atoms with Crippen molar-refractivity contribution < 1.29 is 14.7 Å². The fraction of sp³-hybridized carbons (Fsp3) is 0.556. The molecule has 3 N–H and O–H groups in total. The van der Waals surface area contributed by atoms with Crippen molar-refractivity contribution in [1.82, 2.24) is 5.32 Å². The number of rotatable bonds is 6. The first-order chi connectivity index (χ1) is 11.1. The summed E-state index contributed by atoms with van der Waals surface area (Å²) in [4.78, 5) is 23.7. The normalized spacial score (nSPS) is 23.5. The molecule has 0 aliphatic heterocycles. The number of amides is 2. The van der Waals surface area contributed by atoms with Gasteiger partial charge in [0, 0.05) is 24.1 Å². The Bertz CT molecular complexity index is 566. The van der Waals surface area contributed by atoms with Crippen molar-refractivity contribution in [1.29, 1.82) is 0 Å². The van der Waals surface area contributed by atoms with Crippen LogP contribution in [-0.2, 0) is 16.0 Å². The molecular weight excluding hydrogens is 292 g/mol. The Hall–Kier alpha value is -1.88. The maximum Gasteiger partial charge on any atom is 0.227 e. The summed E-state index contributed by atoms with van der Waals surface area (Å²) in [5.74, 6) is 0.440. The van der Waals surface area contributed by atoms with Gasteiger partial charge in [0.25, 0.3) is 0 Å². The summed E-state index contributed by atoms with van der Waals surface area (Å²) in [7, 11) is 0. The fourth-order valence-electron chi connectivity index (χ4n) is 3.04. The van der Waals surface area contributed by atoms with Gasteiger partial charge in [0.2, 0.25) is 11.8 Å². The summed E-state index contributed by atoms with van der Waals surface area (Å²) in [5, 5.41) is 15.5. The Kier molecular flexibility index (Phi) is 4.96. The molecule has 0 bridgehead atoms. The van der Waals surface area contributed by atoms with E-state index in [-0.39, 0.29) is 29.8 Å². The van der Waals surface area contributed by atoms with E-state index in [1.54, 1.807) is 0 Å². The second-order valence-electron chi connectivity index (χ2n) is 6.70. The Morgan fingerprint density at radius 2 is 1.83 bits per heavy atom. The summed E-state index contributed by atoms with van der Waals surface area (Å²) in [6, 6.07) is 7.41. The van der Waals surface area contributed by atoms with E-state index in [1.807, 2.05) is 24.3 Å². The monoisotopic (exact) mass is 316 g/mol. The van der Waals surface area contributed by atoms with Gasteiger partial charge in [-0.15, -0.1) is 0 Å². The smallest absolute Gasteiger partial charge is 0.227 e. The van der Waals surface area contributed by atoms with E-state index in [2.05, 4.69) is 10.6 Å². The first-order valence-electron chi connectivity index (χ1n) is 8.46. The van der Waals surface area contributed by atoms with Crippen molar-refractivity contribution in [3.8, 4) is 0 Å². The highest BCUT2D eigenvalue weighted by Crippen LogP contribution is 2.30. The topological polar surface area (TPSA) is 78.4 Å². The molecule has 2 atom stereocenters. The lowest BCUT2D eigenvalue weighted by atomic mass is 10.1. The highest BCUT2D eigenvalue weighted by atomic mass is 16.3. The molecule has 0 radical (unpaired) electrons. The molecule has 2 unspecified atom stereocenters. The Labute approximate surface area is 136 Å². The first-order valence-corrected chi connectivity index (χ1v) is 8.46. The molecule has 5 nitrogen and oxygen atoms in total. The highest BCUT2D eigenvalue weighted by Gasteiger charge is 2.29. The number of aliphatic hydroxyl groups is 1. The fourth-order valence-corrected chi connectivity index (χ4v) is 3.04. The third kappa shape index (κ3) is 4.55. The average molecular weight is 316 g/mol. The van der Waals surface area contributed by atoms with Crippen molar-refractivity contribution in [2.45, 2.75) is 44.6 Å². The number of hydrogen-bond donors (Lipinski definition) is 3. The largest absolute Gasteiger partial charge is 0.393 e. The number of benzene rings is 1. The predicted octanol–water partition coefficient (Wildman–Crippen LogP) is 1.85. The Balaban J connectivity index is 1.43. The maximum atomic E-state index is 12.0. The Morgan fingerprint density at radius 1 is 1.09 bits per heavy atom. The van der Waals surface area contributed by atoms with Crippen LogP contribution < -0.4 is 10.6 Å². The van der Waals surface area contributed by atoms with Gasteiger partial charge in [-0.1, -0.05) is 18.6 Å². The van der Waals surface area contributed by atoms with Crippen LogP contribution in [0.2, 0.25) is 0 Å². The molecular formula is C18H24N2O3.